The first-order valence-electron chi connectivity index (χ1n) is 7.03. The predicted octanol–water partition coefficient (Wildman–Crippen LogP) is 2.75. The fraction of sp³-hybridized carbons (Fsp3) is 0.214. The number of carbonyl (C=O) groups is 1. The molecule has 0 fully saturated rings. The van der Waals surface area contributed by atoms with E-state index in [9.17, 15) is 31.1 Å². The number of H-pyrrole nitrogens is 1. The Balaban J connectivity index is 0.000000480. The molecule has 2 aromatic rings. The highest BCUT2D eigenvalue weighted by atomic mass is 79.9. The highest BCUT2D eigenvalue weighted by Crippen LogP contribution is 2.20. The van der Waals surface area contributed by atoms with Crippen LogP contribution in [0.2, 0.25) is 0 Å². The number of benzene rings is 1. The highest BCUT2D eigenvalue weighted by Gasteiger charge is 2.38. The lowest BCUT2D eigenvalue weighted by molar-refractivity contribution is -0.192. The summed E-state index contributed by atoms with van der Waals surface area (Å²) in [5.41, 5.74) is 4.05. The zero-order chi connectivity index (χ0) is 21.6. The van der Waals surface area contributed by atoms with Crippen molar-refractivity contribution in [2.45, 2.75) is 12.6 Å². The maximum Gasteiger partial charge on any atom is 0.490 e. The second-order valence-corrected chi connectivity index (χ2v) is 5.84. The van der Waals surface area contributed by atoms with Gasteiger partial charge in [0.25, 0.3) is 6.08 Å². The Labute approximate surface area is 160 Å². The number of aromatic amines is 1. The summed E-state index contributed by atoms with van der Waals surface area (Å²) in [5.74, 6) is -3.49. The molecule has 0 aliphatic carbocycles. The van der Waals surface area contributed by atoms with E-state index in [0.29, 0.717) is 4.47 Å². The van der Waals surface area contributed by atoms with Crippen LogP contribution >= 0.6 is 15.9 Å². The van der Waals surface area contributed by atoms with Gasteiger partial charge < -0.3 is 10.8 Å². The molecule has 1 aromatic carbocycles. The fourth-order valence-electron chi connectivity index (χ4n) is 1.77. The molecule has 0 atom stereocenters. The van der Waals surface area contributed by atoms with Gasteiger partial charge in [-0.1, -0.05) is 15.9 Å². The summed E-state index contributed by atoms with van der Waals surface area (Å²) < 4.78 is 72.4. The zero-order valence-electron chi connectivity index (χ0n) is 13.5. The largest absolute Gasteiger partial charge is 0.490 e. The van der Waals surface area contributed by atoms with Crippen LogP contribution in [0.1, 0.15) is 5.82 Å². The Morgan fingerprint density at radius 2 is 1.89 bits per heavy atom. The fourth-order valence-corrected chi connectivity index (χ4v) is 2.10. The predicted molar refractivity (Wildman–Crippen MR) is 87.5 cm³/mol. The molecule has 0 aliphatic heterocycles. The van der Waals surface area contributed by atoms with Crippen molar-refractivity contribution in [2.75, 3.05) is 6.54 Å². The normalized spacial score (nSPS) is 10.9. The third-order valence-electron chi connectivity index (χ3n) is 3.02. The molecular weight excluding hydrogens is 466 g/mol. The van der Waals surface area contributed by atoms with Crippen molar-refractivity contribution in [3.8, 4) is 5.69 Å². The summed E-state index contributed by atoms with van der Waals surface area (Å²) in [6, 6.07) is 4.03. The quantitative estimate of drug-likeness (QED) is 0.587. The van der Waals surface area contributed by atoms with Gasteiger partial charge in [0, 0.05) is 23.0 Å². The molecule has 0 bridgehead atoms. The minimum absolute atomic E-state index is 0.0468. The van der Waals surface area contributed by atoms with E-state index in [1.165, 1.54) is 12.1 Å². The molecule has 0 unspecified atom stereocenters. The number of hydrogen-bond acceptors (Lipinski definition) is 4. The Morgan fingerprint density at radius 3 is 2.32 bits per heavy atom. The van der Waals surface area contributed by atoms with Crippen molar-refractivity contribution in [1.82, 2.24) is 14.8 Å². The first kappa shape index (κ1) is 23.4. The van der Waals surface area contributed by atoms with Gasteiger partial charge >= 0.3 is 17.8 Å². The summed E-state index contributed by atoms with van der Waals surface area (Å²) in [7, 11) is 0. The van der Waals surface area contributed by atoms with Crippen molar-refractivity contribution in [1.29, 1.82) is 0 Å². The summed E-state index contributed by atoms with van der Waals surface area (Å²) in [6.45, 7) is -0.383. The first-order valence-corrected chi connectivity index (χ1v) is 7.82. The van der Waals surface area contributed by atoms with Crippen molar-refractivity contribution in [3.05, 3.63) is 56.5 Å². The van der Waals surface area contributed by atoms with E-state index < -0.39 is 29.7 Å². The minimum Gasteiger partial charge on any atom is -0.475 e. The molecule has 1 heterocycles. The van der Waals surface area contributed by atoms with Gasteiger partial charge in [0.05, 0.1) is 5.69 Å². The smallest absolute Gasteiger partial charge is 0.475 e. The van der Waals surface area contributed by atoms with Crippen molar-refractivity contribution in [2.24, 2.45) is 5.73 Å². The summed E-state index contributed by atoms with van der Waals surface area (Å²) in [4.78, 5) is 20.6. The number of nitrogens with one attached hydrogen (secondary N) is 1. The molecule has 0 aliphatic rings. The van der Waals surface area contributed by atoms with E-state index in [4.69, 9.17) is 15.6 Å². The highest BCUT2D eigenvalue weighted by molar-refractivity contribution is 9.10. The van der Waals surface area contributed by atoms with Crippen LogP contribution < -0.4 is 11.4 Å². The Bertz CT molecular complexity index is 934. The molecule has 28 heavy (non-hydrogen) atoms. The standard InChI is InChI=1S/C12H10BrF3N4O.C2HF3O2/c13-7-1-2-9(8(14)4-7)20-10(18-19-12(20)21)3-6(5-17)11(15)16;3-2(4,5)1(6)7/h1-2,4H,3,5,17H2,(H,19,21);(H,6,7). The van der Waals surface area contributed by atoms with E-state index in [2.05, 4.69) is 26.1 Å². The zero-order valence-corrected chi connectivity index (χ0v) is 15.1. The number of aliphatic carboxylic acids is 1. The van der Waals surface area contributed by atoms with Gasteiger partial charge in [-0.25, -0.2) is 23.6 Å². The summed E-state index contributed by atoms with van der Waals surface area (Å²) in [6.07, 6.45) is -7.37. The van der Waals surface area contributed by atoms with Gasteiger partial charge in [0.1, 0.15) is 11.6 Å². The van der Waals surface area contributed by atoms with Crippen LogP contribution in [-0.4, -0.2) is 38.6 Å². The van der Waals surface area contributed by atoms with Crippen LogP contribution in [0.5, 0.6) is 0 Å². The van der Waals surface area contributed by atoms with Crippen LogP contribution in [0.3, 0.4) is 0 Å². The topological polar surface area (TPSA) is 114 Å². The third-order valence-corrected chi connectivity index (χ3v) is 3.51. The molecule has 0 saturated heterocycles. The summed E-state index contributed by atoms with van der Waals surface area (Å²) in [5, 5.41) is 12.9. The van der Waals surface area contributed by atoms with E-state index in [-0.39, 0.29) is 30.1 Å². The minimum atomic E-state index is -5.08. The number of nitrogens with zero attached hydrogens (tertiary/aromatic N) is 2. The molecule has 7 nitrogen and oxygen atoms in total. The number of hydrogen-bond donors (Lipinski definition) is 3. The second kappa shape index (κ2) is 9.54. The number of halogens is 7. The molecule has 2 rings (SSSR count). The molecular formula is C14H11BrF6N4O3. The summed E-state index contributed by atoms with van der Waals surface area (Å²) >= 11 is 3.09. The Kier molecular flexibility index (Phi) is 7.99. The molecule has 0 saturated carbocycles. The Morgan fingerprint density at radius 1 is 1.32 bits per heavy atom. The molecule has 0 radical (unpaired) electrons. The molecule has 14 heteroatoms. The van der Waals surface area contributed by atoms with Gasteiger partial charge in [-0.3, -0.25) is 0 Å². The monoisotopic (exact) mass is 476 g/mol. The number of aromatic nitrogens is 3. The Hall–Kier alpha value is -2.61. The second-order valence-electron chi connectivity index (χ2n) is 4.92. The lowest BCUT2D eigenvalue weighted by atomic mass is 10.2. The average Bonchev–Trinajstić information content (AvgIpc) is 2.92. The van der Waals surface area contributed by atoms with Gasteiger partial charge in [-0.2, -0.15) is 27.1 Å². The lowest BCUT2D eigenvalue weighted by Crippen LogP contribution is -2.21. The van der Waals surface area contributed by atoms with Gasteiger partial charge in [0.15, 0.2) is 0 Å². The lowest BCUT2D eigenvalue weighted by Gasteiger charge is -2.08. The van der Waals surface area contributed by atoms with Gasteiger partial charge in [0.2, 0.25) is 0 Å². The van der Waals surface area contributed by atoms with Crippen molar-refractivity contribution >= 4 is 21.9 Å². The number of alkyl halides is 3. The maximum absolute atomic E-state index is 13.9. The van der Waals surface area contributed by atoms with Crippen molar-refractivity contribution in [3.63, 3.8) is 0 Å². The molecule has 4 N–H and O–H groups in total. The van der Waals surface area contributed by atoms with E-state index in [1.807, 2.05) is 0 Å². The van der Waals surface area contributed by atoms with Crippen LogP contribution in [0.25, 0.3) is 5.69 Å². The third kappa shape index (κ3) is 6.23. The van der Waals surface area contributed by atoms with Crippen LogP contribution in [0.15, 0.2) is 39.1 Å². The van der Waals surface area contributed by atoms with E-state index in [0.717, 1.165) is 10.6 Å². The van der Waals surface area contributed by atoms with E-state index in [1.54, 1.807) is 0 Å². The number of nitrogens with two attached hydrogens (primary N) is 1. The molecule has 1 aromatic heterocycles. The van der Waals surface area contributed by atoms with Crippen LogP contribution in [-0.2, 0) is 11.2 Å². The van der Waals surface area contributed by atoms with E-state index >= 15 is 0 Å². The molecule has 0 spiro atoms. The van der Waals surface area contributed by atoms with Gasteiger partial charge in [-0.15, -0.1) is 0 Å². The van der Waals surface area contributed by atoms with Crippen LogP contribution in [0.4, 0.5) is 26.3 Å². The van der Waals surface area contributed by atoms with Crippen molar-refractivity contribution < 1.29 is 36.2 Å². The number of carboxylic acids is 1. The average molecular weight is 477 g/mol. The SMILES string of the molecule is NCC(Cc1n[nH]c(=O)n1-c1ccc(Br)cc1F)=C(F)F.O=C(O)C(F)(F)F. The number of rotatable bonds is 4. The maximum atomic E-state index is 13.9. The van der Waals surface area contributed by atoms with Gasteiger partial charge in [-0.05, 0) is 18.2 Å². The molecule has 0 amide bonds. The van der Waals surface area contributed by atoms with Crippen LogP contribution in [0, 0.1) is 5.82 Å². The number of carboxylic acid groups (broad SMARTS) is 1. The first-order chi connectivity index (χ1) is 12.9. The molecule has 154 valence electrons.